The molecule has 3 rings (SSSR count). The molecule has 1 amide bonds. The molecule has 2 aromatic rings. The van der Waals surface area contributed by atoms with Crippen LogP contribution in [0.1, 0.15) is 18.9 Å². The summed E-state index contributed by atoms with van der Waals surface area (Å²) in [4.78, 5) is 14.4. The summed E-state index contributed by atoms with van der Waals surface area (Å²) in [5.74, 6) is 0.275. The molecule has 1 atom stereocenters. The Labute approximate surface area is 125 Å². The molecule has 0 radical (unpaired) electrons. The molecule has 110 valence electrons. The molecule has 1 saturated heterocycles. The molecule has 1 fully saturated rings. The lowest BCUT2D eigenvalue weighted by Crippen LogP contribution is -2.52. The number of amides is 1. The highest BCUT2D eigenvalue weighted by atomic mass is 16.2. The number of benzene rings is 2. The fourth-order valence-corrected chi connectivity index (χ4v) is 3.00. The minimum absolute atomic E-state index is 0.275. The average Bonchev–Trinajstić information content (AvgIpc) is 2.53. The van der Waals surface area contributed by atoms with Gasteiger partial charge in [-0.05, 0) is 29.7 Å². The number of hydrogen-bond donors (Lipinski definition) is 1. The number of fused-ring (bicyclic) bond motifs is 1. The molecule has 1 N–H and O–H groups in total. The second-order valence-electron chi connectivity index (χ2n) is 5.82. The van der Waals surface area contributed by atoms with Crippen LogP contribution in [0.15, 0.2) is 42.5 Å². The van der Waals surface area contributed by atoms with Crippen LogP contribution in [-0.4, -0.2) is 36.5 Å². The highest BCUT2D eigenvalue weighted by Gasteiger charge is 2.22. The van der Waals surface area contributed by atoms with Crippen LogP contribution in [0.3, 0.4) is 0 Å². The molecule has 3 nitrogen and oxygen atoms in total. The number of piperazine rings is 1. The summed E-state index contributed by atoms with van der Waals surface area (Å²) in [6.45, 7) is 4.76. The zero-order valence-electron chi connectivity index (χ0n) is 12.5. The van der Waals surface area contributed by atoms with E-state index in [1.165, 1.54) is 16.3 Å². The first-order valence-corrected chi connectivity index (χ1v) is 7.72. The Morgan fingerprint density at radius 2 is 2.05 bits per heavy atom. The van der Waals surface area contributed by atoms with E-state index in [0.29, 0.717) is 12.5 Å². The largest absolute Gasteiger partial charge is 0.337 e. The van der Waals surface area contributed by atoms with Crippen molar-refractivity contribution in [3.8, 4) is 0 Å². The van der Waals surface area contributed by atoms with Crippen molar-refractivity contribution in [2.45, 2.75) is 25.8 Å². The summed E-state index contributed by atoms with van der Waals surface area (Å²) in [6, 6.07) is 15.1. The van der Waals surface area contributed by atoms with Crippen molar-refractivity contribution in [3.05, 3.63) is 48.0 Å². The normalized spacial score (nSPS) is 18.9. The van der Waals surface area contributed by atoms with Gasteiger partial charge < -0.3 is 10.2 Å². The van der Waals surface area contributed by atoms with E-state index in [1.807, 2.05) is 4.90 Å². The molecule has 0 aliphatic carbocycles. The highest BCUT2D eigenvalue weighted by Crippen LogP contribution is 2.17. The van der Waals surface area contributed by atoms with Gasteiger partial charge >= 0.3 is 0 Å². The molecule has 1 aliphatic rings. The first kappa shape index (κ1) is 14.1. The van der Waals surface area contributed by atoms with Crippen LogP contribution in [0.5, 0.6) is 0 Å². The maximum Gasteiger partial charge on any atom is 0.223 e. The topological polar surface area (TPSA) is 32.3 Å². The SMILES string of the molecule is C[C@H]1CNCCN1C(=O)CCc1ccc2ccccc2c1. The maximum atomic E-state index is 12.3. The van der Waals surface area contributed by atoms with Crippen LogP contribution < -0.4 is 5.32 Å². The van der Waals surface area contributed by atoms with Crippen LogP contribution in [0.25, 0.3) is 10.8 Å². The first-order chi connectivity index (χ1) is 10.2. The van der Waals surface area contributed by atoms with Gasteiger partial charge in [-0.3, -0.25) is 4.79 Å². The van der Waals surface area contributed by atoms with Gasteiger partial charge in [-0.25, -0.2) is 0 Å². The van der Waals surface area contributed by atoms with Gasteiger partial charge in [-0.1, -0.05) is 42.5 Å². The third-order valence-corrected chi connectivity index (χ3v) is 4.26. The van der Waals surface area contributed by atoms with Crippen molar-refractivity contribution in [2.24, 2.45) is 0 Å². The van der Waals surface area contributed by atoms with Crippen molar-refractivity contribution >= 4 is 16.7 Å². The van der Waals surface area contributed by atoms with Crippen molar-refractivity contribution in [1.82, 2.24) is 10.2 Å². The van der Waals surface area contributed by atoms with E-state index in [9.17, 15) is 4.79 Å². The Bertz CT molecular complexity index is 638. The molecule has 0 saturated carbocycles. The zero-order chi connectivity index (χ0) is 14.7. The summed E-state index contributed by atoms with van der Waals surface area (Å²) in [5.41, 5.74) is 1.24. The molecule has 21 heavy (non-hydrogen) atoms. The third kappa shape index (κ3) is 3.24. The van der Waals surface area contributed by atoms with Crippen molar-refractivity contribution < 1.29 is 4.79 Å². The average molecular weight is 282 g/mol. The van der Waals surface area contributed by atoms with Gasteiger partial charge in [0.15, 0.2) is 0 Å². The Morgan fingerprint density at radius 3 is 2.86 bits per heavy atom. The number of nitrogens with one attached hydrogen (secondary N) is 1. The van der Waals surface area contributed by atoms with Crippen molar-refractivity contribution in [2.75, 3.05) is 19.6 Å². The van der Waals surface area contributed by atoms with Gasteiger partial charge in [0.05, 0.1) is 0 Å². The summed E-state index contributed by atoms with van der Waals surface area (Å²) < 4.78 is 0. The molecule has 2 aromatic carbocycles. The van der Waals surface area contributed by atoms with E-state index in [-0.39, 0.29) is 5.91 Å². The molecule has 1 heterocycles. The van der Waals surface area contributed by atoms with Gasteiger partial charge in [0.1, 0.15) is 0 Å². The van der Waals surface area contributed by atoms with Crippen molar-refractivity contribution in [1.29, 1.82) is 0 Å². The van der Waals surface area contributed by atoms with Gasteiger partial charge in [-0.15, -0.1) is 0 Å². The summed E-state index contributed by atoms with van der Waals surface area (Å²) in [7, 11) is 0. The van der Waals surface area contributed by atoms with E-state index in [4.69, 9.17) is 0 Å². The number of rotatable bonds is 3. The molecule has 0 bridgehead atoms. The minimum Gasteiger partial charge on any atom is -0.337 e. The van der Waals surface area contributed by atoms with E-state index in [2.05, 4.69) is 54.7 Å². The molecule has 1 aliphatic heterocycles. The lowest BCUT2D eigenvalue weighted by molar-refractivity contribution is -0.133. The van der Waals surface area contributed by atoms with E-state index >= 15 is 0 Å². The fraction of sp³-hybridized carbons (Fsp3) is 0.389. The lowest BCUT2D eigenvalue weighted by atomic mass is 10.0. The summed E-state index contributed by atoms with van der Waals surface area (Å²) in [5, 5.41) is 5.82. The number of aryl methyl sites for hydroxylation is 1. The molecule has 0 spiro atoms. The summed E-state index contributed by atoms with van der Waals surface area (Å²) >= 11 is 0. The quantitative estimate of drug-likeness (QED) is 0.938. The summed E-state index contributed by atoms with van der Waals surface area (Å²) in [6.07, 6.45) is 1.42. The minimum atomic E-state index is 0.275. The van der Waals surface area contributed by atoms with E-state index < -0.39 is 0 Å². The smallest absolute Gasteiger partial charge is 0.223 e. The standard InChI is InChI=1S/C18H22N2O/c1-14-13-19-10-11-20(14)18(21)9-7-15-6-8-16-4-2-3-5-17(16)12-15/h2-6,8,12,14,19H,7,9-11,13H2,1H3/t14-/m0/s1. The molecule has 3 heteroatoms. The Morgan fingerprint density at radius 1 is 1.24 bits per heavy atom. The second-order valence-corrected chi connectivity index (χ2v) is 5.82. The Balaban J connectivity index is 1.64. The van der Waals surface area contributed by atoms with Crippen LogP contribution >= 0.6 is 0 Å². The van der Waals surface area contributed by atoms with Crippen molar-refractivity contribution in [3.63, 3.8) is 0 Å². The van der Waals surface area contributed by atoms with Crippen LogP contribution in [0, 0.1) is 0 Å². The van der Waals surface area contributed by atoms with Gasteiger partial charge in [0.25, 0.3) is 0 Å². The monoisotopic (exact) mass is 282 g/mol. The van der Waals surface area contributed by atoms with Crippen LogP contribution in [0.4, 0.5) is 0 Å². The fourth-order valence-electron chi connectivity index (χ4n) is 3.00. The first-order valence-electron chi connectivity index (χ1n) is 7.72. The molecular formula is C18H22N2O. The maximum absolute atomic E-state index is 12.3. The van der Waals surface area contributed by atoms with E-state index in [0.717, 1.165) is 26.1 Å². The molecule has 0 unspecified atom stereocenters. The van der Waals surface area contributed by atoms with Gasteiger partial charge in [0, 0.05) is 32.1 Å². The Hall–Kier alpha value is -1.87. The Kier molecular flexibility index (Phi) is 4.20. The van der Waals surface area contributed by atoms with Crippen LogP contribution in [-0.2, 0) is 11.2 Å². The van der Waals surface area contributed by atoms with Crippen LogP contribution in [0.2, 0.25) is 0 Å². The number of carbonyl (C=O) groups is 1. The van der Waals surface area contributed by atoms with Gasteiger partial charge in [0.2, 0.25) is 5.91 Å². The van der Waals surface area contributed by atoms with E-state index in [1.54, 1.807) is 0 Å². The predicted molar refractivity (Wildman–Crippen MR) is 86.3 cm³/mol. The number of nitrogens with zero attached hydrogens (tertiary/aromatic N) is 1. The highest BCUT2D eigenvalue weighted by molar-refractivity contribution is 5.83. The lowest BCUT2D eigenvalue weighted by Gasteiger charge is -2.34. The molecular weight excluding hydrogens is 260 g/mol. The predicted octanol–water partition coefficient (Wildman–Crippen LogP) is 2.59. The third-order valence-electron chi connectivity index (χ3n) is 4.26. The number of hydrogen-bond acceptors (Lipinski definition) is 2. The second kappa shape index (κ2) is 6.27. The zero-order valence-corrected chi connectivity index (χ0v) is 12.5. The number of carbonyl (C=O) groups excluding carboxylic acids is 1. The molecule has 0 aromatic heterocycles. The van der Waals surface area contributed by atoms with Gasteiger partial charge in [-0.2, -0.15) is 0 Å².